The summed E-state index contributed by atoms with van der Waals surface area (Å²) in [6.07, 6.45) is 2.82. The zero-order chi connectivity index (χ0) is 18.8. The minimum absolute atomic E-state index is 0.124. The van der Waals surface area contributed by atoms with Gasteiger partial charge in [-0.2, -0.15) is 0 Å². The van der Waals surface area contributed by atoms with Crippen molar-refractivity contribution < 1.29 is 19.0 Å². The highest BCUT2D eigenvalue weighted by atomic mass is 35.5. The molecule has 0 saturated carbocycles. The van der Waals surface area contributed by atoms with E-state index in [4.69, 9.17) is 25.5 Å². The van der Waals surface area contributed by atoms with Crippen LogP contribution in [0.15, 0.2) is 53.4 Å². The van der Waals surface area contributed by atoms with Gasteiger partial charge in [0.05, 0.1) is 24.9 Å². The van der Waals surface area contributed by atoms with Gasteiger partial charge in [0.15, 0.2) is 12.2 Å². The number of ether oxygens (including phenoxy) is 2. The van der Waals surface area contributed by atoms with Gasteiger partial charge in [0.25, 0.3) is 0 Å². The number of hydrogen-bond donors (Lipinski definition) is 2. The summed E-state index contributed by atoms with van der Waals surface area (Å²) < 4.78 is 16.5. The largest absolute Gasteiger partial charge is 0.496 e. The van der Waals surface area contributed by atoms with Crippen LogP contribution >= 0.6 is 11.6 Å². The number of methoxy groups -OCH3 is 1. The smallest absolute Gasteiger partial charge is 0.181 e. The van der Waals surface area contributed by atoms with E-state index in [1.807, 2.05) is 30.3 Å². The summed E-state index contributed by atoms with van der Waals surface area (Å²) in [5, 5.41) is 14.3. The number of halogens is 1. The van der Waals surface area contributed by atoms with Crippen LogP contribution in [0.4, 0.5) is 5.69 Å². The van der Waals surface area contributed by atoms with Gasteiger partial charge in [-0.05, 0) is 36.8 Å². The number of oxazole rings is 1. The molecule has 6 nitrogen and oxygen atoms in total. The van der Waals surface area contributed by atoms with Crippen molar-refractivity contribution in [3.8, 4) is 22.8 Å². The Bertz CT molecular complexity index is 915. The molecule has 2 atom stereocenters. The Morgan fingerprint density at radius 1 is 1.33 bits per heavy atom. The van der Waals surface area contributed by atoms with Gasteiger partial charge in [-0.25, -0.2) is 4.98 Å². The Morgan fingerprint density at radius 3 is 2.96 bits per heavy atom. The fourth-order valence-electron chi connectivity index (χ4n) is 3.24. The number of aliphatic hydroxyl groups excluding tert-OH is 1. The second-order valence-corrected chi connectivity index (χ2v) is 6.77. The zero-order valence-corrected chi connectivity index (χ0v) is 15.4. The van der Waals surface area contributed by atoms with Crippen molar-refractivity contribution in [3.05, 3.63) is 59.6 Å². The predicted octanol–water partition coefficient (Wildman–Crippen LogP) is 3.99. The number of rotatable bonds is 5. The molecule has 1 aliphatic rings. The first-order valence-electron chi connectivity index (χ1n) is 8.57. The van der Waals surface area contributed by atoms with E-state index in [2.05, 4.69) is 10.3 Å². The van der Waals surface area contributed by atoms with Crippen LogP contribution in [0.2, 0.25) is 5.02 Å². The van der Waals surface area contributed by atoms with Crippen LogP contribution in [0.1, 0.15) is 5.56 Å². The lowest BCUT2D eigenvalue weighted by Gasteiger charge is -2.30. The zero-order valence-electron chi connectivity index (χ0n) is 14.7. The van der Waals surface area contributed by atoms with Crippen LogP contribution in [0.25, 0.3) is 11.3 Å². The predicted molar refractivity (Wildman–Crippen MR) is 102 cm³/mol. The lowest BCUT2D eigenvalue weighted by atomic mass is 9.94. The summed E-state index contributed by atoms with van der Waals surface area (Å²) in [4.78, 5) is 3.90. The maximum Gasteiger partial charge on any atom is 0.181 e. The Labute approximate surface area is 161 Å². The van der Waals surface area contributed by atoms with E-state index in [-0.39, 0.29) is 5.92 Å². The van der Waals surface area contributed by atoms with Crippen LogP contribution in [0.3, 0.4) is 0 Å². The normalized spacial score (nSPS) is 16.9. The van der Waals surface area contributed by atoms with E-state index in [1.54, 1.807) is 19.4 Å². The number of nitrogens with one attached hydrogen (secondary N) is 1. The summed E-state index contributed by atoms with van der Waals surface area (Å²) in [5.74, 6) is 2.04. The number of hydrogen-bond acceptors (Lipinski definition) is 6. The van der Waals surface area contributed by atoms with E-state index in [0.717, 1.165) is 22.6 Å². The highest BCUT2D eigenvalue weighted by Gasteiger charge is 2.28. The highest BCUT2D eigenvalue weighted by molar-refractivity contribution is 6.33. The molecule has 0 radical (unpaired) electrons. The molecule has 2 N–H and O–H groups in total. The Hall–Kier alpha value is -2.70. The van der Waals surface area contributed by atoms with Crippen molar-refractivity contribution in [2.24, 2.45) is 5.92 Å². The molecule has 27 heavy (non-hydrogen) atoms. The Balaban J connectivity index is 1.48. The molecule has 0 spiro atoms. The third-order valence-corrected chi connectivity index (χ3v) is 4.97. The van der Waals surface area contributed by atoms with Crippen molar-refractivity contribution in [2.45, 2.75) is 12.6 Å². The van der Waals surface area contributed by atoms with Crippen LogP contribution in [0, 0.1) is 5.92 Å². The molecule has 0 amide bonds. The molecule has 4 rings (SSSR count). The van der Waals surface area contributed by atoms with Gasteiger partial charge in [0, 0.05) is 22.7 Å². The first kappa shape index (κ1) is 17.7. The molecule has 0 fully saturated rings. The number of anilines is 1. The molecule has 2 unspecified atom stereocenters. The van der Waals surface area contributed by atoms with E-state index in [9.17, 15) is 5.11 Å². The van der Waals surface area contributed by atoms with Crippen molar-refractivity contribution in [1.82, 2.24) is 4.98 Å². The summed E-state index contributed by atoms with van der Waals surface area (Å²) in [7, 11) is 1.63. The molecule has 0 bridgehead atoms. The van der Waals surface area contributed by atoms with Gasteiger partial charge < -0.3 is 24.3 Å². The van der Waals surface area contributed by atoms with Crippen molar-refractivity contribution in [3.63, 3.8) is 0 Å². The summed E-state index contributed by atoms with van der Waals surface area (Å²) >= 11 is 6.35. The maximum atomic E-state index is 10.7. The van der Waals surface area contributed by atoms with Gasteiger partial charge >= 0.3 is 0 Å². The van der Waals surface area contributed by atoms with E-state index in [0.29, 0.717) is 29.5 Å². The Morgan fingerprint density at radius 2 is 2.22 bits per heavy atom. The quantitative estimate of drug-likeness (QED) is 0.646. The van der Waals surface area contributed by atoms with Crippen molar-refractivity contribution in [2.75, 3.05) is 19.0 Å². The molecule has 0 saturated heterocycles. The standard InChI is InChI=1S/C20H19ClN2O4/c1-25-17-3-2-4-18-15(17)7-12(10-26-18)20(24)23-13-5-6-14(16(21)8-13)19-9-22-11-27-19/h2-6,8-9,11-12,20,23-24H,7,10H2,1H3. The minimum Gasteiger partial charge on any atom is -0.496 e. The first-order chi connectivity index (χ1) is 13.2. The van der Waals surface area contributed by atoms with Gasteiger partial charge in [-0.3, -0.25) is 0 Å². The number of aromatic nitrogens is 1. The molecule has 1 aromatic heterocycles. The molecule has 1 aliphatic heterocycles. The van der Waals surface area contributed by atoms with Crippen LogP contribution in [-0.4, -0.2) is 30.0 Å². The molecule has 2 aromatic carbocycles. The third kappa shape index (κ3) is 3.59. The summed E-state index contributed by atoms with van der Waals surface area (Å²) in [6, 6.07) is 11.1. The number of benzene rings is 2. The van der Waals surface area contributed by atoms with Crippen LogP contribution in [-0.2, 0) is 6.42 Å². The molecule has 0 aliphatic carbocycles. The van der Waals surface area contributed by atoms with Crippen LogP contribution < -0.4 is 14.8 Å². The molecule has 7 heteroatoms. The van der Waals surface area contributed by atoms with Gasteiger partial charge in [0.2, 0.25) is 0 Å². The maximum absolute atomic E-state index is 10.7. The second-order valence-electron chi connectivity index (χ2n) is 6.36. The van der Waals surface area contributed by atoms with E-state index >= 15 is 0 Å². The fraction of sp³-hybridized carbons (Fsp3) is 0.250. The number of nitrogens with zero attached hydrogens (tertiary/aromatic N) is 1. The lowest BCUT2D eigenvalue weighted by molar-refractivity contribution is 0.0838. The monoisotopic (exact) mass is 386 g/mol. The summed E-state index contributed by atoms with van der Waals surface area (Å²) in [6.45, 7) is 0.415. The average Bonchev–Trinajstić information content (AvgIpc) is 3.21. The second kappa shape index (κ2) is 7.50. The van der Waals surface area contributed by atoms with Gasteiger partial charge in [-0.1, -0.05) is 17.7 Å². The number of aliphatic hydroxyl groups is 1. The minimum atomic E-state index is -0.796. The third-order valence-electron chi connectivity index (χ3n) is 4.66. The molecule has 3 aromatic rings. The van der Waals surface area contributed by atoms with E-state index in [1.165, 1.54) is 6.39 Å². The molecule has 2 heterocycles. The average molecular weight is 387 g/mol. The first-order valence-corrected chi connectivity index (χ1v) is 8.95. The topological polar surface area (TPSA) is 76.8 Å². The molecular weight excluding hydrogens is 368 g/mol. The Kier molecular flexibility index (Phi) is 4.92. The van der Waals surface area contributed by atoms with Crippen molar-refractivity contribution in [1.29, 1.82) is 0 Å². The fourth-order valence-corrected chi connectivity index (χ4v) is 3.51. The molecule has 140 valence electrons. The van der Waals surface area contributed by atoms with E-state index < -0.39 is 6.23 Å². The van der Waals surface area contributed by atoms with Crippen molar-refractivity contribution >= 4 is 17.3 Å². The van der Waals surface area contributed by atoms with Gasteiger partial charge in [-0.15, -0.1) is 0 Å². The molecular formula is C20H19ClN2O4. The highest BCUT2D eigenvalue weighted by Crippen LogP contribution is 2.36. The summed E-state index contributed by atoms with van der Waals surface area (Å²) in [5.41, 5.74) is 2.42. The van der Waals surface area contributed by atoms with Crippen LogP contribution in [0.5, 0.6) is 11.5 Å². The lowest BCUT2D eigenvalue weighted by Crippen LogP contribution is -2.36. The SMILES string of the molecule is COc1cccc2c1CC(C(O)Nc1ccc(-c3cnco3)c(Cl)c1)CO2. The van der Waals surface area contributed by atoms with Gasteiger partial charge in [0.1, 0.15) is 17.7 Å². The number of fused-ring (bicyclic) bond motifs is 1.